The summed E-state index contributed by atoms with van der Waals surface area (Å²) in [7, 11) is 0. The number of ether oxygens (including phenoxy) is 1. The van der Waals surface area contributed by atoms with Gasteiger partial charge in [0, 0.05) is 5.69 Å². The average Bonchev–Trinajstić information content (AvgIpc) is 2.35. The van der Waals surface area contributed by atoms with Gasteiger partial charge >= 0.3 is 0 Å². The monoisotopic (exact) mass is 228 g/mol. The van der Waals surface area contributed by atoms with Crippen LogP contribution in [0.2, 0.25) is 0 Å². The average molecular weight is 228 g/mol. The zero-order valence-corrected chi connectivity index (χ0v) is 9.60. The third kappa shape index (κ3) is 3.23. The lowest BCUT2D eigenvalue weighted by molar-refractivity contribution is 0.482. The van der Waals surface area contributed by atoms with Gasteiger partial charge in [0.1, 0.15) is 11.5 Å². The highest BCUT2D eigenvalue weighted by atomic mass is 16.5. The van der Waals surface area contributed by atoms with Crippen LogP contribution in [-0.2, 0) is 6.42 Å². The highest BCUT2D eigenvalue weighted by Crippen LogP contribution is 2.22. The summed E-state index contributed by atoms with van der Waals surface area (Å²) < 4.78 is 5.68. The second-order valence-electron chi connectivity index (χ2n) is 3.85. The van der Waals surface area contributed by atoms with Gasteiger partial charge in [-0.3, -0.25) is 0 Å². The normalized spacial score (nSPS) is 10.2. The van der Waals surface area contributed by atoms with Gasteiger partial charge in [-0.25, -0.2) is 0 Å². The first kappa shape index (κ1) is 11.5. The van der Waals surface area contributed by atoms with Gasteiger partial charge < -0.3 is 16.2 Å². The topological polar surface area (TPSA) is 61.3 Å². The van der Waals surface area contributed by atoms with Gasteiger partial charge in [0.2, 0.25) is 0 Å². The van der Waals surface area contributed by atoms with E-state index >= 15 is 0 Å². The maximum atomic E-state index is 5.68. The maximum Gasteiger partial charge on any atom is 0.127 e. The molecule has 2 aromatic carbocycles. The van der Waals surface area contributed by atoms with Crippen molar-refractivity contribution in [3.05, 3.63) is 54.1 Å². The third-order valence-electron chi connectivity index (χ3n) is 2.47. The lowest BCUT2D eigenvalue weighted by atomic mass is 10.1. The predicted octanol–water partition coefficient (Wildman–Crippen LogP) is 2.56. The fourth-order valence-electron chi connectivity index (χ4n) is 1.56. The number of nitrogens with two attached hydrogens (primary N) is 2. The van der Waals surface area contributed by atoms with Gasteiger partial charge in [-0.2, -0.15) is 0 Å². The fourth-order valence-corrected chi connectivity index (χ4v) is 1.56. The van der Waals surface area contributed by atoms with Crippen LogP contribution in [0, 0.1) is 0 Å². The van der Waals surface area contributed by atoms with E-state index in [0.29, 0.717) is 6.54 Å². The van der Waals surface area contributed by atoms with Gasteiger partial charge in [-0.15, -0.1) is 0 Å². The molecule has 4 N–H and O–H groups in total. The smallest absolute Gasteiger partial charge is 0.127 e. The first-order valence-electron chi connectivity index (χ1n) is 5.60. The summed E-state index contributed by atoms with van der Waals surface area (Å²) in [5.74, 6) is 1.60. The van der Waals surface area contributed by atoms with E-state index in [4.69, 9.17) is 16.2 Å². The molecule has 0 aliphatic heterocycles. The summed E-state index contributed by atoms with van der Waals surface area (Å²) in [6.07, 6.45) is 0.891. The summed E-state index contributed by atoms with van der Waals surface area (Å²) in [6, 6.07) is 15.3. The summed E-state index contributed by atoms with van der Waals surface area (Å²) in [4.78, 5) is 0. The van der Waals surface area contributed by atoms with E-state index in [1.165, 1.54) is 5.56 Å². The zero-order valence-electron chi connectivity index (χ0n) is 9.60. The minimum Gasteiger partial charge on any atom is -0.457 e. The SMILES string of the molecule is NCCc1ccc(Oc2ccc(N)cc2)cc1. The van der Waals surface area contributed by atoms with E-state index in [1.54, 1.807) is 0 Å². The largest absolute Gasteiger partial charge is 0.457 e. The summed E-state index contributed by atoms with van der Waals surface area (Å²) in [5, 5.41) is 0. The van der Waals surface area contributed by atoms with Crippen LogP contribution in [0.25, 0.3) is 0 Å². The van der Waals surface area contributed by atoms with Crippen molar-refractivity contribution in [2.24, 2.45) is 5.73 Å². The summed E-state index contributed by atoms with van der Waals surface area (Å²) in [5.41, 5.74) is 13.1. The molecule has 3 nitrogen and oxygen atoms in total. The molecule has 0 radical (unpaired) electrons. The molecule has 2 aromatic rings. The molecule has 0 aliphatic carbocycles. The van der Waals surface area contributed by atoms with Crippen LogP contribution in [0.3, 0.4) is 0 Å². The summed E-state index contributed by atoms with van der Waals surface area (Å²) in [6.45, 7) is 0.665. The van der Waals surface area contributed by atoms with Gasteiger partial charge in [-0.05, 0) is 54.9 Å². The molecular weight excluding hydrogens is 212 g/mol. The molecule has 0 bridgehead atoms. The first-order chi connectivity index (χ1) is 8.28. The zero-order chi connectivity index (χ0) is 12.1. The van der Waals surface area contributed by atoms with Crippen molar-refractivity contribution < 1.29 is 4.74 Å². The molecule has 0 fully saturated rings. The van der Waals surface area contributed by atoms with Crippen LogP contribution in [0.1, 0.15) is 5.56 Å². The quantitative estimate of drug-likeness (QED) is 0.790. The van der Waals surface area contributed by atoms with E-state index in [1.807, 2.05) is 48.5 Å². The number of anilines is 1. The van der Waals surface area contributed by atoms with Crippen molar-refractivity contribution in [3.63, 3.8) is 0 Å². The highest BCUT2D eigenvalue weighted by Gasteiger charge is 1.97. The molecule has 0 spiro atoms. The molecule has 0 aromatic heterocycles. The summed E-state index contributed by atoms with van der Waals surface area (Å²) >= 11 is 0. The predicted molar refractivity (Wildman–Crippen MR) is 70.1 cm³/mol. The van der Waals surface area contributed by atoms with Crippen LogP contribution in [-0.4, -0.2) is 6.54 Å². The number of hydrogen-bond donors (Lipinski definition) is 2. The van der Waals surface area contributed by atoms with Crippen molar-refractivity contribution >= 4 is 5.69 Å². The number of benzene rings is 2. The Labute approximate surface area is 101 Å². The standard InChI is InChI=1S/C14H16N2O/c15-10-9-11-1-5-13(6-2-11)17-14-7-3-12(16)4-8-14/h1-8H,9-10,15-16H2. The Morgan fingerprint density at radius 2 is 1.35 bits per heavy atom. The molecule has 0 saturated heterocycles. The van der Waals surface area contributed by atoms with Crippen LogP contribution < -0.4 is 16.2 Å². The number of rotatable bonds is 4. The molecule has 3 heteroatoms. The van der Waals surface area contributed by atoms with Crippen molar-refractivity contribution in [2.45, 2.75) is 6.42 Å². The fraction of sp³-hybridized carbons (Fsp3) is 0.143. The van der Waals surface area contributed by atoms with Gasteiger partial charge in [0.15, 0.2) is 0 Å². The van der Waals surface area contributed by atoms with E-state index in [2.05, 4.69) is 0 Å². The van der Waals surface area contributed by atoms with Crippen LogP contribution in [0.5, 0.6) is 11.5 Å². The first-order valence-corrected chi connectivity index (χ1v) is 5.60. The Kier molecular flexibility index (Phi) is 3.62. The molecular formula is C14H16N2O. The highest BCUT2D eigenvalue weighted by molar-refractivity contribution is 5.43. The maximum absolute atomic E-state index is 5.68. The Bertz CT molecular complexity index is 463. The van der Waals surface area contributed by atoms with Crippen LogP contribution >= 0.6 is 0 Å². The lowest BCUT2D eigenvalue weighted by Crippen LogP contribution is -2.02. The molecule has 0 atom stereocenters. The minimum absolute atomic E-state index is 0.665. The molecule has 0 unspecified atom stereocenters. The lowest BCUT2D eigenvalue weighted by Gasteiger charge is -2.06. The molecule has 0 amide bonds. The van der Waals surface area contributed by atoms with E-state index in [-0.39, 0.29) is 0 Å². The van der Waals surface area contributed by atoms with E-state index in [9.17, 15) is 0 Å². The van der Waals surface area contributed by atoms with Crippen molar-refractivity contribution in [1.82, 2.24) is 0 Å². The van der Waals surface area contributed by atoms with E-state index in [0.717, 1.165) is 23.6 Å². The van der Waals surface area contributed by atoms with Crippen molar-refractivity contribution in [3.8, 4) is 11.5 Å². The second kappa shape index (κ2) is 5.37. The van der Waals surface area contributed by atoms with Gasteiger partial charge in [0.25, 0.3) is 0 Å². The molecule has 0 aliphatic rings. The van der Waals surface area contributed by atoms with E-state index < -0.39 is 0 Å². The molecule has 0 saturated carbocycles. The Hall–Kier alpha value is -2.00. The second-order valence-corrected chi connectivity index (χ2v) is 3.85. The van der Waals surface area contributed by atoms with Gasteiger partial charge in [0.05, 0.1) is 0 Å². The van der Waals surface area contributed by atoms with Crippen molar-refractivity contribution in [2.75, 3.05) is 12.3 Å². The number of nitrogen functional groups attached to an aromatic ring is 1. The Morgan fingerprint density at radius 1 is 0.824 bits per heavy atom. The van der Waals surface area contributed by atoms with Crippen molar-refractivity contribution in [1.29, 1.82) is 0 Å². The third-order valence-corrected chi connectivity index (χ3v) is 2.47. The van der Waals surface area contributed by atoms with Gasteiger partial charge in [-0.1, -0.05) is 12.1 Å². The van der Waals surface area contributed by atoms with Crippen LogP contribution in [0.15, 0.2) is 48.5 Å². The number of hydrogen-bond acceptors (Lipinski definition) is 3. The minimum atomic E-state index is 0.665. The molecule has 17 heavy (non-hydrogen) atoms. The molecule has 2 rings (SSSR count). The Balaban J connectivity index is 2.05. The Morgan fingerprint density at radius 3 is 1.88 bits per heavy atom. The molecule has 0 heterocycles. The van der Waals surface area contributed by atoms with Crippen LogP contribution in [0.4, 0.5) is 5.69 Å². The molecule has 88 valence electrons.